The number of hydrogen-bond acceptors (Lipinski definition) is 3. The number of hydrogen-bond donors (Lipinski definition) is 1. The summed E-state index contributed by atoms with van der Waals surface area (Å²) in [7, 11) is 0. The molecule has 2 atom stereocenters. The standard InChI is InChI=1S/C21H29N3O3/c1-3-17-8-4-5-9-19(17)24-14-18(11-20(24)26)21(27)23-10-6-7-16(13-23)12-22-15(2)25/h4-5,8-9,16,18H,3,6-7,10-14H2,1-2H3,(H,22,25). The van der Waals surface area contributed by atoms with Crippen molar-refractivity contribution >= 4 is 23.4 Å². The van der Waals surface area contributed by atoms with Gasteiger partial charge in [-0.05, 0) is 36.8 Å². The molecule has 0 saturated carbocycles. The minimum atomic E-state index is -0.276. The fraction of sp³-hybridized carbons (Fsp3) is 0.571. The third-order valence-electron chi connectivity index (χ3n) is 5.61. The second kappa shape index (κ2) is 8.55. The van der Waals surface area contributed by atoms with Crippen molar-refractivity contribution in [3.63, 3.8) is 0 Å². The van der Waals surface area contributed by atoms with Crippen LogP contribution < -0.4 is 10.2 Å². The van der Waals surface area contributed by atoms with Gasteiger partial charge in [-0.3, -0.25) is 14.4 Å². The van der Waals surface area contributed by atoms with Crippen LogP contribution in [0.3, 0.4) is 0 Å². The predicted molar refractivity (Wildman–Crippen MR) is 104 cm³/mol. The summed E-state index contributed by atoms with van der Waals surface area (Å²) in [6.07, 6.45) is 3.10. The summed E-state index contributed by atoms with van der Waals surface area (Å²) in [5, 5.41) is 2.85. The van der Waals surface area contributed by atoms with Crippen molar-refractivity contribution in [3.05, 3.63) is 29.8 Å². The lowest BCUT2D eigenvalue weighted by Crippen LogP contribution is -2.46. The van der Waals surface area contributed by atoms with Gasteiger partial charge in [0, 0.05) is 45.2 Å². The summed E-state index contributed by atoms with van der Waals surface area (Å²) < 4.78 is 0. The van der Waals surface area contributed by atoms with Crippen molar-refractivity contribution in [2.75, 3.05) is 31.1 Å². The van der Waals surface area contributed by atoms with Gasteiger partial charge in [0.05, 0.1) is 5.92 Å². The summed E-state index contributed by atoms with van der Waals surface area (Å²) in [6.45, 7) is 6.06. The van der Waals surface area contributed by atoms with Gasteiger partial charge >= 0.3 is 0 Å². The summed E-state index contributed by atoms with van der Waals surface area (Å²) in [4.78, 5) is 40.4. The van der Waals surface area contributed by atoms with E-state index in [0.29, 0.717) is 25.6 Å². The molecule has 0 aromatic heterocycles. The van der Waals surface area contributed by atoms with Gasteiger partial charge in [0.1, 0.15) is 0 Å². The van der Waals surface area contributed by atoms with E-state index in [0.717, 1.165) is 37.1 Å². The highest BCUT2D eigenvalue weighted by Gasteiger charge is 2.38. The Morgan fingerprint density at radius 1 is 1.22 bits per heavy atom. The van der Waals surface area contributed by atoms with Crippen LogP contribution in [0.25, 0.3) is 0 Å². The Kier molecular flexibility index (Phi) is 6.14. The minimum absolute atomic E-state index is 0.0288. The van der Waals surface area contributed by atoms with Crippen molar-refractivity contribution < 1.29 is 14.4 Å². The Balaban J connectivity index is 1.64. The normalized spacial score (nSPS) is 22.8. The van der Waals surface area contributed by atoms with E-state index in [1.807, 2.05) is 29.2 Å². The lowest BCUT2D eigenvalue weighted by molar-refractivity contribution is -0.137. The largest absolute Gasteiger partial charge is 0.356 e. The van der Waals surface area contributed by atoms with Gasteiger partial charge in [-0.2, -0.15) is 0 Å². The molecule has 2 aliphatic rings. The quantitative estimate of drug-likeness (QED) is 0.860. The van der Waals surface area contributed by atoms with Crippen LogP contribution in [0.4, 0.5) is 5.69 Å². The van der Waals surface area contributed by atoms with Gasteiger partial charge in [0.15, 0.2) is 0 Å². The Morgan fingerprint density at radius 2 is 2.00 bits per heavy atom. The molecule has 1 N–H and O–H groups in total. The summed E-state index contributed by atoms with van der Waals surface area (Å²) >= 11 is 0. The highest BCUT2D eigenvalue weighted by molar-refractivity contribution is 6.00. The summed E-state index contributed by atoms with van der Waals surface area (Å²) in [6, 6.07) is 7.92. The van der Waals surface area contributed by atoms with Crippen molar-refractivity contribution in [2.45, 2.75) is 39.5 Å². The Morgan fingerprint density at radius 3 is 2.74 bits per heavy atom. The first kappa shape index (κ1) is 19.4. The van der Waals surface area contributed by atoms with Crippen molar-refractivity contribution in [1.82, 2.24) is 10.2 Å². The van der Waals surface area contributed by atoms with Crippen LogP contribution in [-0.4, -0.2) is 48.8 Å². The molecule has 2 aliphatic heterocycles. The maximum absolute atomic E-state index is 13.0. The maximum Gasteiger partial charge on any atom is 0.228 e. The molecular formula is C21H29N3O3. The van der Waals surface area contributed by atoms with Crippen molar-refractivity contribution in [1.29, 1.82) is 0 Å². The molecule has 2 fully saturated rings. The molecular weight excluding hydrogens is 342 g/mol. The number of amides is 3. The van der Waals surface area contributed by atoms with Gasteiger partial charge in [-0.1, -0.05) is 25.1 Å². The van der Waals surface area contributed by atoms with Crippen molar-refractivity contribution in [2.24, 2.45) is 11.8 Å². The lowest BCUT2D eigenvalue weighted by Gasteiger charge is -2.34. The monoisotopic (exact) mass is 371 g/mol. The van der Waals surface area contributed by atoms with E-state index < -0.39 is 0 Å². The molecule has 27 heavy (non-hydrogen) atoms. The molecule has 3 rings (SSSR count). The molecule has 0 bridgehead atoms. The van der Waals surface area contributed by atoms with E-state index in [-0.39, 0.29) is 30.1 Å². The predicted octanol–water partition coefficient (Wildman–Crippen LogP) is 1.98. The number of carbonyl (C=O) groups is 3. The smallest absolute Gasteiger partial charge is 0.228 e. The van der Waals surface area contributed by atoms with E-state index in [4.69, 9.17) is 0 Å². The first-order valence-corrected chi connectivity index (χ1v) is 9.91. The molecule has 1 aromatic carbocycles. The molecule has 0 spiro atoms. The Labute approximate surface area is 160 Å². The second-order valence-electron chi connectivity index (χ2n) is 7.62. The average molecular weight is 371 g/mol. The summed E-state index contributed by atoms with van der Waals surface area (Å²) in [5.41, 5.74) is 2.06. The number of nitrogens with zero attached hydrogens (tertiary/aromatic N) is 2. The minimum Gasteiger partial charge on any atom is -0.356 e. The highest BCUT2D eigenvalue weighted by atomic mass is 16.2. The van der Waals surface area contributed by atoms with E-state index in [9.17, 15) is 14.4 Å². The van der Waals surface area contributed by atoms with Gasteiger partial charge in [-0.15, -0.1) is 0 Å². The van der Waals surface area contributed by atoms with Crippen LogP contribution in [-0.2, 0) is 20.8 Å². The molecule has 0 radical (unpaired) electrons. The molecule has 2 saturated heterocycles. The fourth-order valence-electron chi connectivity index (χ4n) is 4.16. The van der Waals surface area contributed by atoms with Crippen molar-refractivity contribution in [3.8, 4) is 0 Å². The number of aryl methyl sites for hydroxylation is 1. The first-order valence-electron chi connectivity index (χ1n) is 9.91. The highest BCUT2D eigenvalue weighted by Crippen LogP contribution is 2.30. The number of rotatable bonds is 5. The van der Waals surface area contributed by atoms with E-state index >= 15 is 0 Å². The number of likely N-dealkylation sites (tertiary alicyclic amines) is 1. The van der Waals surface area contributed by atoms with Crippen LogP contribution in [0, 0.1) is 11.8 Å². The number of nitrogens with one attached hydrogen (secondary N) is 1. The zero-order valence-corrected chi connectivity index (χ0v) is 16.2. The van der Waals surface area contributed by atoms with Crippen LogP contribution in [0.5, 0.6) is 0 Å². The molecule has 0 aliphatic carbocycles. The molecule has 6 nitrogen and oxygen atoms in total. The molecule has 2 heterocycles. The molecule has 3 amide bonds. The van der Waals surface area contributed by atoms with Crippen LogP contribution in [0.15, 0.2) is 24.3 Å². The van der Waals surface area contributed by atoms with E-state index in [1.165, 1.54) is 6.92 Å². The van der Waals surface area contributed by atoms with Gasteiger partial charge in [0.25, 0.3) is 0 Å². The van der Waals surface area contributed by atoms with Crippen LogP contribution in [0.1, 0.15) is 38.7 Å². The van der Waals surface area contributed by atoms with Crippen LogP contribution >= 0.6 is 0 Å². The van der Waals surface area contributed by atoms with Gasteiger partial charge < -0.3 is 15.1 Å². The second-order valence-corrected chi connectivity index (χ2v) is 7.62. The molecule has 2 unspecified atom stereocenters. The SMILES string of the molecule is CCc1ccccc1N1CC(C(=O)N2CCCC(CNC(C)=O)C2)CC1=O. The molecule has 6 heteroatoms. The number of benzene rings is 1. The fourth-order valence-corrected chi connectivity index (χ4v) is 4.16. The average Bonchev–Trinajstić information content (AvgIpc) is 3.07. The number of anilines is 1. The first-order chi connectivity index (χ1) is 13.0. The van der Waals surface area contributed by atoms with E-state index in [1.54, 1.807) is 4.90 Å². The topological polar surface area (TPSA) is 69.7 Å². The number of piperidine rings is 1. The molecule has 146 valence electrons. The Bertz CT molecular complexity index is 718. The lowest BCUT2D eigenvalue weighted by atomic mass is 9.96. The zero-order valence-electron chi connectivity index (χ0n) is 16.2. The Hall–Kier alpha value is -2.37. The number of carbonyl (C=O) groups excluding carboxylic acids is 3. The van der Waals surface area contributed by atoms with E-state index in [2.05, 4.69) is 12.2 Å². The number of para-hydroxylation sites is 1. The molecule has 1 aromatic rings. The third kappa shape index (κ3) is 4.49. The van der Waals surface area contributed by atoms with Gasteiger partial charge in [0.2, 0.25) is 17.7 Å². The maximum atomic E-state index is 13.0. The zero-order chi connectivity index (χ0) is 19.4. The van der Waals surface area contributed by atoms with Crippen LogP contribution in [0.2, 0.25) is 0 Å². The van der Waals surface area contributed by atoms with Gasteiger partial charge in [-0.25, -0.2) is 0 Å². The third-order valence-corrected chi connectivity index (χ3v) is 5.61. The summed E-state index contributed by atoms with van der Waals surface area (Å²) in [5.74, 6) is 0.0843.